The lowest BCUT2D eigenvalue weighted by atomic mass is 10.00. The lowest BCUT2D eigenvalue weighted by molar-refractivity contribution is 0.246. The molecule has 1 saturated carbocycles. The van der Waals surface area contributed by atoms with Gasteiger partial charge in [0.1, 0.15) is 0 Å². The fourth-order valence-corrected chi connectivity index (χ4v) is 1.87. The molecular weight excluding hydrogens is 142 g/mol. The van der Waals surface area contributed by atoms with E-state index < -0.39 is 0 Å². The van der Waals surface area contributed by atoms with Crippen LogP contribution < -0.4 is 0 Å². The molecule has 1 rings (SSSR count). The van der Waals surface area contributed by atoms with Crippen LogP contribution in [0.15, 0.2) is 0 Å². The van der Waals surface area contributed by atoms with Crippen molar-refractivity contribution in [1.29, 1.82) is 0 Å². The molecule has 0 aromatic heterocycles. The standard InChI is InChI=1S/C8H15NS/c1-8(9(2)7-10)5-3-4-6-8/h7H,3-6H2,1-2H3. The maximum absolute atomic E-state index is 4.88. The van der Waals surface area contributed by atoms with Gasteiger partial charge in [-0.2, -0.15) is 0 Å². The molecule has 0 N–H and O–H groups in total. The van der Waals surface area contributed by atoms with Crippen LogP contribution in [0.25, 0.3) is 0 Å². The minimum absolute atomic E-state index is 0.377. The average molecular weight is 157 g/mol. The molecule has 0 aromatic carbocycles. The lowest BCUT2D eigenvalue weighted by Gasteiger charge is -2.33. The van der Waals surface area contributed by atoms with E-state index in [0.717, 1.165) is 0 Å². The van der Waals surface area contributed by atoms with Crippen molar-refractivity contribution in [3.8, 4) is 0 Å². The Balaban J connectivity index is 2.57. The molecule has 0 atom stereocenters. The zero-order chi connectivity index (χ0) is 7.61. The third-order valence-electron chi connectivity index (χ3n) is 2.69. The number of nitrogens with zero attached hydrogens (tertiary/aromatic N) is 1. The van der Waals surface area contributed by atoms with Gasteiger partial charge >= 0.3 is 0 Å². The molecule has 0 heterocycles. The molecule has 1 fully saturated rings. The van der Waals surface area contributed by atoms with E-state index in [1.165, 1.54) is 25.7 Å². The van der Waals surface area contributed by atoms with Gasteiger partial charge < -0.3 is 4.90 Å². The van der Waals surface area contributed by atoms with Crippen molar-refractivity contribution in [2.45, 2.75) is 38.1 Å². The van der Waals surface area contributed by atoms with Crippen LogP contribution in [-0.2, 0) is 0 Å². The van der Waals surface area contributed by atoms with Crippen molar-refractivity contribution >= 4 is 17.7 Å². The fraction of sp³-hybridized carbons (Fsp3) is 0.875. The highest BCUT2D eigenvalue weighted by atomic mass is 32.1. The molecule has 1 nitrogen and oxygen atoms in total. The normalized spacial score (nSPS) is 22.6. The summed E-state index contributed by atoms with van der Waals surface area (Å²) in [6, 6.07) is 0. The van der Waals surface area contributed by atoms with E-state index in [0.29, 0.717) is 5.54 Å². The van der Waals surface area contributed by atoms with Crippen molar-refractivity contribution in [3.63, 3.8) is 0 Å². The maximum Gasteiger partial charge on any atom is 0.0642 e. The Labute approximate surface area is 68.4 Å². The summed E-state index contributed by atoms with van der Waals surface area (Å²) in [5.74, 6) is 0. The molecular formula is C8H15NS. The van der Waals surface area contributed by atoms with Crippen molar-refractivity contribution < 1.29 is 0 Å². The van der Waals surface area contributed by atoms with Crippen LogP contribution in [0.5, 0.6) is 0 Å². The van der Waals surface area contributed by atoms with Crippen molar-refractivity contribution in [3.05, 3.63) is 0 Å². The summed E-state index contributed by atoms with van der Waals surface area (Å²) >= 11 is 4.88. The molecule has 0 bridgehead atoms. The first-order valence-corrected chi connectivity index (χ1v) is 4.34. The van der Waals surface area contributed by atoms with Crippen LogP contribution in [0, 0.1) is 0 Å². The summed E-state index contributed by atoms with van der Waals surface area (Å²) in [4.78, 5) is 2.18. The van der Waals surface area contributed by atoms with Crippen LogP contribution in [0.4, 0.5) is 0 Å². The van der Waals surface area contributed by atoms with Crippen LogP contribution in [-0.4, -0.2) is 23.0 Å². The van der Waals surface area contributed by atoms with Gasteiger partial charge in [-0.3, -0.25) is 0 Å². The predicted molar refractivity (Wildman–Crippen MR) is 48.3 cm³/mol. The second-order valence-corrected chi connectivity index (χ2v) is 3.63. The Morgan fingerprint density at radius 2 is 1.90 bits per heavy atom. The first kappa shape index (κ1) is 7.99. The molecule has 2 heteroatoms. The number of hydrogen-bond acceptors (Lipinski definition) is 1. The van der Waals surface area contributed by atoms with Crippen LogP contribution in [0.3, 0.4) is 0 Å². The number of rotatable bonds is 2. The molecule has 58 valence electrons. The van der Waals surface area contributed by atoms with Crippen molar-refractivity contribution in [1.82, 2.24) is 4.90 Å². The molecule has 0 radical (unpaired) electrons. The molecule has 0 amide bonds. The molecule has 1 aliphatic rings. The number of thiocarbonyl (C=S) groups is 1. The number of hydrogen-bond donors (Lipinski definition) is 0. The molecule has 0 aromatic rings. The van der Waals surface area contributed by atoms with Gasteiger partial charge in [0.15, 0.2) is 0 Å². The second kappa shape index (κ2) is 2.87. The quantitative estimate of drug-likeness (QED) is 0.565. The van der Waals surface area contributed by atoms with Gasteiger partial charge in [0, 0.05) is 12.6 Å². The summed E-state index contributed by atoms with van der Waals surface area (Å²) in [5.41, 5.74) is 2.15. The van der Waals surface area contributed by atoms with Gasteiger partial charge in [-0.15, -0.1) is 0 Å². The van der Waals surface area contributed by atoms with Gasteiger partial charge in [0.2, 0.25) is 0 Å². The van der Waals surface area contributed by atoms with E-state index in [9.17, 15) is 0 Å². The summed E-state index contributed by atoms with van der Waals surface area (Å²) in [6.45, 7) is 2.29. The monoisotopic (exact) mass is 157 g/mol. The zero-order valence-electron chi connectivity index (χ0n) is 6.76. The second-order valence-electron chi connectivity index (χ2n) is 3.42. The smallest absolute Gasteiger partial charge is 0.0642 e. The molecule has 10 heavy (non-hydrogen) atoms. The summed E-state index contributed by atoms with van der Waals surface area (Å²) in [7, 11) is 2.08. The molecule has 0 saturated heterocycles. The highest BCUT2D eigenvalue weighted by Crippen LogP contribution is 2.32. The summed E-state index contributed by atoms with van der Waals surface area (Å²) in [6.07, 6.45) is 5.33. The molecule has 0 aliphatic heterocycles. The van der Waals surface area contributed by atoms with Crippen molar-refractivity contribution in [2.75, 3.05) is 7.05 Å². The Hall–Kier alpha value is -0.110. The van der Waals surface area contributed by atoms with E-state index in [1.54, 1.807) is 5.49 Å². The Bertz CT molecular complexity index is 127. The van der Waals surface area contributed by atoms with Crippen molar-refractivity contribution in [2.24, 2.45) is 0 Å². The molecule has 1 aliphatic carbocycles. The van der Waals surface area contributed by atoms with Gasteiger partial charge in [-0.1, -0.05) is 25.1 Å². The van der Waals surface area contributed by atoms with E-state index in [2.05, 4.69) is 18.9 Å². The predicted octanol–water partition coefficient (Wildman–Crippen LogP) is 2.21. The minimum atomic E-state index is 0.377. The van der Waals surface area contributed by atoms with Crippen LogP contribution >= 0.6 is 12.2 Å². The highest BCUT2D eigenvalue weighted by Gasteiger charge is 2.30. The molecule has 0 unspecified atom stereocenters. The lowest BCUT2D eigenvalue weighted by Crippen LogP contribution is -2.39. The SMILES string of the molecule is CN(C=S)C1(C)CCCC1. The third kappa shape index (κ3) is 1.31. The van der Waals surface area contributed by atoms with E-state index in [1.807, 2.05) is 0 Å². The third-order valence-corrected chi connectivity index (χ3v) is 3.01. The largest absolute Gasteiger partial charge is 0.366 e. The zero-order valence-corrected chi connectivity index (χ0v) is 7.58. The minimum Gasteiger partial charge on any atom is -0.366 e. The van der Waals surface area contributed by atoms with Crippen LogP contribution in [0.1, 0.15) is 32.6 Å². The van der Waals surface area contributed by atoms with Gasteiger partial charge in [0.25, 0.3) is 0 Å². The maximum atomic E-state index is 4.88. The van der Waals surface area contributed by atoms with E-state index in [4.69, 9.17) is 12.2 Å². The Morgan fingerprint density at radius 3 is 2.30 bits per heavy atom. The van der Waals surface area contributed by atoms with Gasteiger partial charge in [-0.25, -0.2) is 0 Å². The first-order chi connectivity index (χ1) is 4.69. The van der Waals surface area contributed by atoms with E-state index >= 15 is 0 Å². The van der Waals surface area contributed by atoms with E-state index in [-0.39, 0.29) is 0 Å². The molecule has 0 spiro atoms. The Kier molecular flexibility index (Phi) is 2.29. The highest BCUT2D eigenvalue weighted by molar-refractivity contribution is 7.78. The summed E-state index contributed by atoms with van der Waals surface area (Å²) in [5, 5.41) is 0. The average Bonchev–Trinajstić information content (AvgIpc) is 2.36. The topological polar surface area (TPSA) is 3.24 Å². The van der Waals surface area contributed by atoms with Crippen LogP contribution in [0.2, 0.25) is 0 Å². The van der Waals surface area contributed by atoms with Gasteiger partial charge in [-0.05, 0) is 19.8 Å². The fourth-order valence-electron chi connectivity index (χ4n) is 1.62. The first-order valence-electron chi connectivity index (χ1n) is 3.87. The van der Waals surface area contributed by atoms with Gasteiger partial charge in [0.05, 0.1) is 5.49 Å². The summed E-state index contributed by atoms with van der Waals surface area (Å²) < 4.78 is 0. The Morgan fingerprint density at radius 1 is 1.40 bits per heavy atom.